The minimum absolute atomic E-state index is 0.474. The zero-order valence-electron chi connectivity index (χ0n) is 5.96. The van der Waals surface area contributed by atoms with Crippen molar-refractivity contribution in [1.29, 1.82) is 0 Å². The van der Waals surface area contributed by atoms with E-state index in [9.17, 15) is 9.59 Å². The Morgan fingerprint density at radius 1 is 1.55 bits per heavy atom. The number of thiophene rings is 1. The van der Waals surface area contributed by atoms with Crippen LogP contribution in [0.5, 0.6) is 0 Å². The lowest BCUT2D eigenvalue weighted by molar-refractivity contribution is -0.133. The smallest absolute Gasteiger partial charge is 0.292 e. The number of hydrogen-bond donors (Lipinski definition) is 1. The summed E-state index contributed by atoms with van der Waals surface area (Å²) in [4.78, 5) is 21.2. The fraction of sp³-hybridized carbons (Fsp3) is 0.143. The van der Waals surface area contributed by atoms with Gasteiger partial charge in [-0.2, -0.15) is 0 Å². The molecule has 1 aromatic rings. The normalized spacial score (nSPS) is 9.18. The molecule has 0 radical (unpaired) electrons. The molecule has 4 heteroatoms. The van der Waals surface area contributed by atoms with Crippen LogP contribution in [0.25, 0.3) is 0 Å². The van der Waals surface area contributed by atoms with Crippen LogP contribution in [0.3, 0.4) is 0 Å². The first-order valence-corrected chi connectivity index (χ1v) is 3.93. The van der Waals surface area contributed by atoms with Gasteiger partial charge in [0.05, 0.1) is 5.00 Å². The highest BCUT2D eigenvalue weighted by molar-refractivity contribution is 7.14. The summed E-state index contributed by atoms with van der Waals surface area (Å²) in [6.45, 7) is 1.24. The first-order valence-electron chi connectivity index (χ1n) is 3.05. The third kappa shape index (κ3) is 2.16. The standard InChI is InChI=1S/C7H7NO2S/c1-5(9)7(10)8-6-3-2-4-11-6/h2-4H,1H3,(H,8,10). The number of Topliss-reactive ketones (excluding diaryl/α,β-unsaturated/α-hetero) is 1. The number of rotatable bonds is 2. The summed E-state index contributed by atoms with van der Waals surface area (Å²) in [5, 5.41) is 4.98. The maximum Gasteiger partial charge on any atom is 0.292 e. The lowest BCUT2D eigenvalue weighted by atomic mass is 10.4. The number of hydrogen-bond acceptors (Lipinski definition) is 3. The summed E-state index contributed by atoms with van der Waals surface area (Å²) in [7, 11) is 0. The molecule has 1 rings (SSSR count). The molecule has 0 aromatic carbocycles. The second-order valence-electron chi connectivity index (χ2n) is 1.99. The molecule has 1 aromatic heterocycles. The van der Waals surface area contributed by atoms with Crippen molar-refractivity contribution < 1.29 is 9.59 Å². The Bertz CT molecular complexity index is 266. The summed E-state index contributed by atoms with van der Waals surface area (Å²) in [6.07, 6.45) is 0. The molecule has 1 heterocycles. The molecule has 0 aliphatic heterocycles. The molecule has 3 nitrogen and oxygen atoms in total. The quantitative estimate of drug-likeness (QED) is 0.678. The molecule has 0 spiro atoms. The van der Waals surface area contributed by atoms with Crippen LogP contribution >= 0.6 is 11.3 Å². The summed E-state index contributed by atoms with van der Waals surface area (Å²) >= 11 is 1.38. The van der Waals surface area contributed by atoms with Gasteiger partial charge in [0.25, 0.3) is 5.91 Å². The Kier molecular flexibility index (Phi) is 2.38. The van der Waals surface area contributed by atoms with E-state index in [1.165, 1.54) is 18.3 Å². The van der Waals surface area contributed by atoms with Gasteiger partial charge in [0.15, 0.2) is 0 Å². The highest BCUT2D eigenvalue weighted by Gasteiger charge is 2.06. The largest absolute Gasteiger partial charge is 0.311 e. The van der Waals surface area contributed by atoms with E-state index in [2.05, 4.69) is 5.32 Å². The summed E-state index contributed by atoms with van der Waals surface area (Å²) in [5.74, 6) is -1.04. The first-order chi connectivity index (χ1) is 5.20. The van der Waals surface area contributed by atoms with Crippen LogP contribution in [0.4, 0.5) is 5.00 Å². The second kappa shape index (κ2) is 3.30. The van der Waals surface area contributed by atoms with Crippen molar-refractivity contribution in [3.8, 4) is 0 Å². The van der Waals surface area contributed by atoms with Crippen LogP contribution in [0, 0.1) is 0 Å². The number of ketones is 1. The van der Waals surface area contributed by atoms with Gasteiger partial charge in [-0.25, -0.2) is 0 Å². The van der Waals surface area contributed by atoms with Crippen molar-refractivity contribution in [2.45, 2.75) is 6.92 Å². The first kappa shape index (κ1) is 7.94. The predicted molar refractivity (Wildman–Crippen MR) is 43.6 cm³/mol. The van der Waals surface area contributed by atoms with Crippen LogP contribution < -0.4 is 5.32 Å². The van der Waals surface area contributed by atoms with E-state index in [0.717, 1.165) is 0 Å². The maximum absolute atomic E-state index is 10.8. The molecule has 0 aliphatic rings. The zero-order valence-corrected chi connectivity index (χ0v) is 6.77. The Labute approximate surface area is 68.0 Å². The van der Waals surface area contributed by atoms with Crippen molar-refractivity contribution in [3.05, 3.63) is 17.5 Å². The van der Waals surface area contributed by atoms with Gasteiger partial charge >= 0.3 is 0 Å². The fourth-order valence-electron chi connectivity index (χ4n) is 0.550. The van der Waals surface area contributed by atoms with E-state index in [0.29, 0.717) is 5.00 Å². The van der Waals surface area contributed by atoms with E-state index in [-0.39, 0.29) is 0 Å². The van der Waals surface area contributed by atoms with Crippen LogP contribution in [0.15, 0.2) is 17.5 Å². The lowest BCUT2D eigenvalue weighted by Crippen LogP contribution is -2.18. The molecule has 0 saturated carbocycles. The molecule has 11 heavy (non-hydrogen) atoms. The van der Waals surface area contributed by atoms with E-state index in [1.807, 2.05) is 5.38 Å². The molecule has 0 fully saturated rings. The molecular formula is C7H7NO2S. The SMILES string of the molecule is CC(=O)C(=O)Nc1cccs1. The topological polar surface area (TPSA) is 46.2 Å². The molecule has 1 N–H and O–H groups in total. The van der Waals surface area contributed by atoms with E-state index < -0.39 is 11.7 Å². The lowest BCUT2D eigenvalue weighted by Gasteiger charge is -1.95. The number of nitrogens with one attached hydrogen (secondary N) is 1. The third-order valence-electron chi connectivity index (χ3n) is 1.08. The average molecular weight is 169 g/mol. The van der Waals surface area contributed by atoms with Crippen molar-refractivity contribution in [1.82, 2.24) is 0 Å². The number of carbonyl (C=O) groups is 2. The second-order valence-corrected chi connectivity index (χ2v) is 2.94. The minimum atomic E-state index is -0.563. The highest BCUT2D eigenvalue weighted by Crippen LogP contribution is 2.14. The number of amides is 1. The van der Waals surface area contributed by atoms with Gasteiger partial charge in [-0.15, -0.1) is 11.3 Å². The zero-order chi connectivity index (χ0) is 8.27. The van der Waals surface area contributed by atoms with Crippen LogP contribution in [0.1, 0.15) is 6.92 Å². The summed E-state index contributed by atoms with van der Waals surface area (Å²) in [5.41, 5.74) is 0. The van der Waals surface area contributed by atoms with Crippen molar-refractivity contribution in [2.75, 3.05) is 5.32 Å². The van der Waals surface area contributed by atoms with E-state index in [4.69, 9.17) is 0 Å². The number of carbonyl (C=O) groups excluding carboxylic acids is 2. The van der Waals surface area contributed by atoms with Gasteiger partial charge in [-0.1, -0.05) is 0 Å². The van der Waals surface area contributed by atoms with Gasteiger partial charge in [0.1, 0.15) is 0 Å². The van der Waals surface area contributed by atoms with Gasteiger partial charge in [0.2, 0.25) is 5.78 Å². The Balaban J connectivity index is 2.57. The molecule has 0 aliphatic carbocycles. The Morgan fingerprint density at radius 2 is 2.27 bits per heavy atom. The molecule has 0 bridgehead atoms. The maximum atomic E-state index is 10.8. The predicted octanol–water partition coefficient (Wildman–Crippen LogP) is 1.28. The molecule has 0 saturated heterocycles. The van der Waals surface area contributed by atoms with E-state index >= 15 is 0 Å². The number of anilines is 1. The Morgan fingerprint density at radius 3 is 2.73 bits per heavy atom. The van der Waals surface area contributed by atoms with E-state index in [1.54, 1.807) is 12.1 Å². The molecule has 0 atom stereocenters. The third-order valence-corrected chi connectivity index (χ3v) is 1.86. The average Bonchev–Trinajstić information content (AvgIpc) is 2.39. The monoisotopic (exact) mass is 169 g/mol. The van der Waals surface area contributed by atoms with Gasteiger partial charge < -0.3 is 5.32 Å². The fourth-order valence-corrected chi connectivity index (χ4v) is 1.16. The minimum Gasteiger partial charge on any atom is -0.311 e. The van der Waals surface area contributed by atoms with Crippen LogP contribution in [-0.4, -0.2) is 11.7 Å². The van der Waals surface area contributed by atoms with Crippen molar-refractivity contribution in [2.24, 2.45) is 0 Å². The van der Waals surface area contributed by atoms with Gasteiger partial charge in [-0.3, -0.25) is 9.59 Å². The van der Waals surface area contributed by atoms with Crippen LogP contribution in [0.2, 0.25) is 0 Å². The molecule has 0 unspecified atom stereocenters. The van der Waals surface area contributed by atoms with Gasteiger partial charge in [-0.05, 0) is 17.5 Å². The summed E-state index contributed by atoms with van der Waals surface area (Å²) in [6, 6.07) is 3.55. The van der Waals surface area contributed by atoms with Gasteiger partial charge in [0, 0.05) is 6.92 Å². The molecule has 1 amide bonds. The van der Waals surface area contributed by atoms with Crippen molar-refractivity contribution >= 4 is 28.0 Å². The highest BCUT2D eigenvalue weighted by atomic mass is 32.1. The molecule has 58 valence electrons. The Hall–Kier alpha value is -1.16. The van der Waals surface area contributed by atoms with Crippen molar-refractivity contribution in [3.63, 3.8) is 0 Å². The summed E-state index contributed by atoms with van der Waals surface area (Å²) < 4.78 is 0. The molecular weight excluding hydrogens is 162 g/mol. The van der Waals surface area contributed by atoms with Crippen LogP contribution in [-0.2, 0) is 9.59 Å².